The van der Waals surface area contributed by atoms with Crippen LogP contribution in [-0.2, 0) is 14.4 Å². The van der Waals surface area contributed by atoms with E-state index in [2.05, 4.69) is 4.99 Å². The van der Waals surface area contributed by atoms with Gasteiger partial charge in [0.25, 0.3) is 0 Å². The van der Waals surface area contributed by atoms with Crippen molar-refractivity contribution in [2.45, 2.75) is 37.5 Å². The summed E-state index contributed by atoms with van der Waals surface area (Å²) in [6, 6.07) is -0.899. The van der Waals surface area contributed by atoms with Gasteiger partial charge in [0, 0.05) is 31.7 Å². The number of hydrogen-bond donors (Lipinski definition) is 3. The minimum absolute atomic E-state index is 0.0444. The molecule has 0 radical (unpaired) electrons. The number of rotatable bonds is 7. The van der Waals surface area contributed by atoms with Crippen molar-refractivity contribution in [2.24, 2.45) is 16.5 Å². The van der Waals surface area contributed by atoms with Gasteiger partial charge in [0.15, 0.2) is 11.1 Å². The van der Waals surface area contributed by atoms with E-state index in [9.17, 15) is 19.5 Å². The van der Waals surface area contributed by atoms with E-state index in [0.717, 1.165) is 11.8 Å². The molecule has 118 valence electrons. The highest BCUT2D eigenvalue weighted by molar-refractivity contribution is 8.14. The topological polar surface area (TPSA) is 139 Å². The lowest BCUT2D eigenvalue weighted by Crippen LogP contribution is -2.42. The molecule has 0 aliphatic carbocycles. The molecule has 1 rings (SSSR count). The Labute approximate surface area is 126 Å². The van der Waals surface area contributed by atoms with Crippen LogP contribution < -0.4 is 11.5 Å². The van der Waals surface area contributed by atoms with Gasteiger partial charge < -0.3 is 21.5 Å². The smallest absolute Gasteiger partial charge is 0.326 e. The van der Waals surface area contributed by atoms with Gasteiger partial charge in [-0.15, -0.1) is 0 Å². The number of aliphatic carboxylic acids is 1. The first-order valence-corrected chi connectivity index (χ1v) is 7.44. The van der Waals surface area contributed by atoms with Crippen LogP contribution in [0.15, 0.2) is 4.99 Å². The maximum atomic E-state index is 11.9. The van der Waals surface area contributed by atoms with Crippen LogP contribution in [0.4, 0.5) is 0 Å². The minimum atomic E-state index is -1.05. The van der Waals surface area contributed by atoms with Gasteiger partial charge >= 0.3 is 5.97 Å². The maximum Gasteiger partial charge on any atom is 0.326 e. The highest BCUT2D eigenvalue weighted by atomic mass is 32.2. The second kappa shape index (κ2) is 7.87. The van der Waals surface area contributed by atoms with Gasteiger partial charge in [-0.3, -0.25) is 14.6 Å². The third-order valence-corrected chi connectivity index (χ3v) is 4.03. The Hall–Kier alpha value is -1.77. The summed E-state index contributed by atoms with van der Waals surface area (Å²) in [5, 5.41) is 9.03. The number of likely N-dealkylation sites (tertiary alicyclic amines) is 1. The number of hydrogen-bond acceptors (Lipinski definition) is 5. The van der Waals surface area contributed by atoms with Crippen molar-refractivity contribution < 1.29 is 19.5 Å². The zero-order valence-electron chi connectivity index (χ0n) is 11.8. The van der Waals surface area contributed by atoms with Gasteiger partial charge in [-0.05, 0) is 12.8 Å². The van der Waals surface area contributed by atoms with Crippen molar-refractivity contribution in [3.05, 3.63) is 0 Å². The number of thioether (sulfide) groups is 1. The highest BCUT2D eigenvalue weighted by Gasteiger charge is 2.38. The second-order valence-corrected chi connectivity index (χ2v) is 6.26. The van der Waals surface area contributed by atoms with Crippen LogP contribution in [0.2, 0.25) is 0 Å². The number of guanidine groups is 1. The molecule has 21 heavy (non-hydrogen) atoms. The molecule has 2 atom stereocenters. The lowest BCUT2D eigenvalue weighted by Gasteiger charge is -2.24. The van der Waals surface area contributed by atoms with Crippen LogP contribution in [0.1, 0.15) is 26.2 Å². The van der Waals surface area contributed by atoms with Crippen LogP contribution in [0.25, 0.3) is 0 Å². The molecule has 1 aliphatic heterocycles. The summed E-state index contributed by atoms with van der Waals surface area (Å²) in [7, 11) is 0. The molecule has 1 fully saturated rings. The summed E-state index contributed by atoms with van der Waals surface area (Å²) in [4.78, 5) is 39.4. The molecule has 0 aromatic carbocycles. The molecular formula is C12H20N4O4S. The third-order valence-electron chi connectivity index (χ3n) is 3.05. The number of amides is 1. The van der Waals surface area contributed by atoms with Gasteiger partial charge in [-0.25, -0.2) is 4.79 Å². The lowest BCUT2D eigenvalue weighted by molar-refractivity contribution is -0.148. The quantitative estimate of drug-likeness (QED) is 0.323. The molecule has 0 spiro atoms. The van der Waals surface area contributed by atoms with Gasteiger partial charge in [0.1, 0.15) is 6.04 Å². The number of carboxylic acids is 1. The average Bonchev–Trinajstić information content (AvgIpc) is 2.68. The normalized spacial score (nSPS) is 19.4. The van der Waals surface area contributed by atoms with Crippen LogP contribution >= 0.6 is 11.8 Å². The predicted octanol–water partition coefficient (Wildman–Crippen LogP) is -0.626. The summed E-state index contributed by atoms with van der Waals surface area (Å²) >= 11 is 1.08. The number of nitrogens with two attached hydrogens (primary N) is 2. The maximum absolute atomic E-state index is 11.9. The molecule has 8 nitrogen and oxygen atoms in total. The number of nitrogens with zero attached hydrogens (tertiary/aromatic N) is 2. The molecule has 1 saturated heterocycles. The van der Waals surface area contributed by atoms with Gasteiger partial charge in [-0.2, -0.15) is 0 Å². The Morgan fingerprint density at radius 1 is 1.52 bits per heavy atom. The molecule has 1 amide bonds. The number of carboxylic acid groups (broad SMARTS) is 1. The lowest BCUT2D eigenvalue weighted by atomic mass is 10.1. The first kappa shape index (κ1) is 17.3. The monoisotopic (exact) mass is 316 g/mol. The number of aliphatic imine (C=N–C) groups is 1. The molecule has 0 saturated carbocycles. The van der Waals surface area contributed by atoms with E-state index in [4.69, 9.17) is 11.5 Å². The van der Waals surface area contributed by atoms with Gasteiger partial charge in [0.05, 0.1) is 0 Å². The van der Waals surface area contributed by atoms with Crippen molar-refractivity contribution in [3.8, 4) is 0 Å². The summed E-state index contributed by atoms with van der Waals surface area (Å²) in [6.45, 7) is 2.03. The van der Waals surface area contributed by atoms with E-state index < -0.39 is 12.0 Å². The van der Waals surface area contributed by atoms with Crippen molar-refractivity contribution in [1.82, 2.24) is 4.90 Å². The second-order valence-electron chi connectivity index (χ2n) is 4.78. The van der Waals surface area contributed by atoms with Crippen molar-refractivity contribution in [2.75, 3.05) is 13.1 Å². The molecular weight excluding hydrogens is 296 g/mol. The molecule has 1 heterocycles. The Bertz CT molecular complexity index is 451. The van der Waals surface area contributed by atoms with Crippen LogP contribution in [-0.4, -0.2) is 57.3 Å². The zero-order valence-corrected chi connectivity index (χ0v) is 12.6. The van der Waals surface area contributed by atoms with Crippen molar-refractivity contribution >= 4 is 34.7 Å². The predicted molar refractivity (Wildman–Crippen MR) is 79.7 cm³/mol. The van der Waals surface area contributed by atoms with E-state index >= 15 is 0 Å². The molecule has 5 N–H and O–H groups in total. The molecule has 9 heteroatoms. The summed E-state index contributed by atoms with van der Waals surface area (Å²) in [5.41, 5.74) is 10.4. The molecule has 1 aliphatic rings. The van der Waals surface area contributed by atoms with Crippen LogP contribution in [0, 0.1) is 0 Å². The summed E-state index contributed by atoms with van der Waals surface area (Å²) < 4.78 is 0. The first-order chi connectivity index (χ1) is 9.81. The molecule has 2 unspecified atom stereocenters. The SMILES string of the molecule is CC(=O)SC1CC(=O)N(C(CCCN=C(N)N)C(=O)O)C1. The van der Waals surface area contributed by atoms with Crippen LogP contribution in [0.5, 0.6) is 0 Å². The number of carbonyl (C=O) groups excluding carboxylic acids is 2. The van der Waals surface area contributed by atoms with Gasteiger partial charge in [0.2, 0.25) is 5.91 Å². The summed E-state index contributed by atoms with van der Waals surface area (Å²) in [5.74, 6) is -1.33. The Kier molecular flexibility index (Phi) is 6.47. The molecule has 0 bridgehead atoms. The zero-order chi connectivity index (χ0) is 16.0. The first-order valence-electron chi connectivity index (χ1n) is 6.56. The minimum Gasteiger partial charge on any atom is -0.480 e. The number of carbonyl (C=O) groups is 3. The Morgan fingerprint density at radius 2 is 2.19 bits per heavy atom. The van der Waals surface area contributed by atoms with E-state index in [1.165, 1.54) is 11.8 Å². The van der Waals surface area contributed by atoms with E-state index in [-0.39, 0.29) is 41.6 Å². The van der Waals surface area contributed by atoms with Gasteiger partial charge in [-0.1, -0.05) is 11.8 Å². The fourth-order valence-electron chi connectivity index (χ4n) is 2.22. The standard InChI is InChI=1S/C12H20N4O4S/c1-7(17)21-8-5-10(18)16(6-8)9(11(19)20)3-2-4-15-12(13)14/h8-9H,2-6H2,1H3,(H,19,20)(H4,13,14,15). The highest BCUT2D eigenvalue weighted by Crippen LogP contribution is 2.26. The summed E-state index contributed by atoms with van der Waals surface area (Å²) in [6.07, 6.45) is 0.931. The average molecular weight is 316 g/mol. The largest absolute Gasteiger partial charge is 0.480 e. The van der Waals surface area contributed by atoms with Crippen molar-refractivity contribution in [1.29, 1.82) is 0 Å². The Balaban J connectivity index is 2.60. The molecule has 0 aromatic rings. The van der Waals surface area contributed by atoms with E-state index in [0.29, 0.717) is 13.0 Å². The Morgan fingerprint density at radius 3 is 2.71 bits per heavy atom. The fourth-order valence-corrected chi connectivity index (χ4v) is 3.15. The van der Waals surface area contributed by atoms with Crippen molar-refractivity contribution in [3.63, 3.8) is 0 Å². The van der Waals surface area contributed by atoms with Crippen LogP contribution in [0.3, 0.4) is 0 Å². The fraction of sp³-hybridized carbons (Fsp3) is 0.667. The van der Waals surface area contributed by atoms with E-state index in [1.807, 2.05) is 0 Å². The third kappa shape index (κ3) is 5.62. The molecule has 0 aromatic heterocycles. The van der Waals surface area contributed by atoms with E-state index in [1.54, 1.807) is 0 Å².